The molecule has 3 rings (SSSR count). The van der Waals surface area contributed by atoms with Gasteiger partial charge in [0.25, 0.3) is 0 Å². The Hall–Kier alpha value is -3.56. The maximum atomic E-state index is 13.0. The van der Waals surface area contributed by atoms with Gasteiger partial charge in [0.1, 0.15) is 6.61 Å². The van der Waals surface area contributed by atoms with Crippen LogP contribution in [0, 0.1) is 11.3 Å². The number of dihydropyridines is 1. The highest BCUT2D eigenvalue weighted by molar-refractivity contribution is 6.30. The van der Waals surface area contributed by atoms with Crippen molar-refractivity contribution in [2.75, 3.05) is 13.2 Å². The van der Waals surface area contributed by atoms with Crippen molar-refractivity contribution in [1.29, 1.82) is 5.26 Å². The van der Waals surface area contributed by atoms with E-state index in [1.807, 2.05) is 36.4 Å². The summed E-state index contributed by atoms with van der Waals surface area (Å²) in [6.07, 6.45) is 3.11. The molecule has 0 spiro atoms. The van der Waals surface area contributed by atoms with Crippen LogP contribution in [-0.4, -0.2) is 25.2 Å². The van der Waals surface area contributed by atoms with Crippen LogP contribution in [-0.2, 0) is 25.5 Å². The summed E-state index contributed by atoms with van der Waals surface area (Å²) in [6, 6.07) is 18.9. The molecule has 170 valence electrons. The van der Waals surface area contributed by atoms with Gasteiger partial charge < -0.3 is 14.8 Å². The molecule has 0 bridgehead atoms. The molecule has 7 heteroatoms. The minimum atomic E-state index is -0.707. The number of nitrogens with zero attached hydrogens (tertiary/aromatic N) is 1. The summed E-state index contributed by atoms with van der Waals surface area (Å²) in [5.41, 5.74) is 2.97. The molecule has 2 aromatic rings. The number of halogens is 1. The first kappa shape index (κ1) is 24.1. The summed E-state index contributed by atoms with van der Waals surface area (Å²) < 4.78 is 10.8. The number of carbonyl (C=O) groups is 2. The van der Waals surface area contributed by atoms with E-state index < -0.39 is 17.9 Å². The van der Waals surface area contributed by atoms with Crippen molar-refractivity contribution in [1.82, 2.24) is 5.32 Å². The highest BCUT2D eigenvalue weighted by Gasteiger charge is 2.36. The Bertz CT molecular complexity index is 1100. The third-order valence-corrected chi connectivity index (χ3v) is 5.45. The quantitative estimate of drug-likeness (QED) is 0.423. The number of allylic oxidation sites excluding steroid dienone is 1. The number of esters is 2. The predicted octanol–water partition coefficient (Wildman–Crippen LogP) is 4.82. The summed E-state index contributed by atoms with van der Waals surface area (Å²) in [6.45, 7) is 1.95. The van der Waals surface area contributed by atoms with Crippen molar-refractivity contribution in [3.8, 4) is 6.07 Å². The molecule has 1 heterocycles. The predicted molar refractivity (Wildman–Crippen MR) is 125 cm³/mol. The second kappa shape index (κ2) is 11.9. The molecule has 2 aromatic carbocycles. The Labute approximate surface area is 198 Å². The van der Waals surface area contributed by atoms with Gasteiger partial charge in [-0.05, 0) is 43.0 Å². The van der Waals surface area contributed by atoms with E-state index in [-0.39, 0.29) is 30.8 Å². The maximum Gasteiger partial charge on any atom is 0.336 e. The number of rotatable bonds is 9. The summed E-state index contributed by atoms with van der Waals surface area (Å²) in [4.78, 5) is 25.9. The minimum absolute atomic E-state index is 0.0304. The molecular formula is C26H25ClN2O4. The molecule has 1 aliphatic heterocycles. The Kier molecular flexibility index (Phi) is 8.68. The van der Waals surface area contributed by atoms with Crippen LogP contribution in [0.1, 0.15) is 36.8 Å². The average Bonchev–Trinajstić information content (AvgIpc) is 2.82. The van der Waals surface area contributed by atoms with E-state index in [0.717, 1.165) is 6.42 Å². The third kappa shape index (κ3) is 6.47. The molecular weight excluding hydrogens is 440 g/mol. The SMILES string of the molecule is CC1=C(C(=O)OCCC#N)C(c2cccc(Cl)c2)C(C(=O)OCCCc2ccccc2)=CN1. The zero-order chi connectivity index (χ0) is 23.6. The molecule has 1 atom stereocenters. The summed E-state index contributed by atoms with van der Waals surface area (Å²) in [5, 5.41) is 12.2. The fourth-order valence-corrected chi connectivity index (χ4v) is 3.83. The van der Waals surface area contributed by atoms with Crippen LogP contribution in [0.2, 0.25) is 5.02 Å². The van der Waals surface area contributed by atoms with Gasteiger partial charge in [0, 0.05) is 16.9 Å². The van der Waals surface area contributed by atoms with E-state index in [0.29, 0.717) is 22.7 Å². The Balaban J connectivity index is 1.78. The number of nitrogens with one attached hydrogen (secondary N) is 1. The van der Waals surface area contributed by atoms with Crippen molar-refractivity contribution >= 4 is 23.5 Å². The van der Waals surface area contributed by atoms with Gasteiger partial charge in [-0.3, -0.25) is 0 Å². The number of benzene rings is 2. The molecule has 0 saturated carbocycles. The molecule has 0 radical (unpaired) electrons. The lowest BCUT2D eigenvalue weighted by Crippen LogP contribution is -2.30. The second-order valence-corrected chi connectivity index (χ2v) is 7.98. The number of carbonyl (C=O) groups excluding carboxylic acids is 2. The smallest absolute Gasteiger partial charge is 0.336 e. The molecule has 0 aliphatic carbocycles. The molecule has 1 unspecified atom stereocenters. The van der Waals surface area contributed by atoms with Crippen LogP contribution >= 0.6 is 11.6 Å². The van der Waals surface area contributed by atoms with E-state index >= 15 is 0 Å². The average molecular weight is 465 g/mol. The number of ether oxygens (including phenoxy) is 2. The lowest BCUT2D eigenvalue weighted by Gasteiger charge is -2.28. The minimum Gasteiger partial charge on any atom is -0.462 e. The van der Waals surface area contributed by atoms with E-state index in [9.17, 15) is 9.59 Å². The van der Waals surface area contributed by atoms with Crippen LogP contribution in [0.4, 0.5) is 0 Å². The van der Waals surface area contributed by atoms with Gasteiger partial charge in [0.2, 0.25) is 0 Å². The fourth-order valence-electron chi connectivity index (χ4n) is 3.64. The number of aryl methyl sites for hydroxylation is 1. The van der Waals surface area contributed by atoms with Gasteiger partial charge in [0.15, 0.2) is 0 Å². The van der Waals surface area contributed by atoms with Gasteiger partial charge in [-0.1, -0.05) is 54.1 Å². The number of hydrogen-bond donors (Lipinski definition) is 1. The highest BCUT2D eigenvalue weighted by atomic mass is 35.5. The first-order valence-corrected chi connectivity index (χ1v) is 11.1. The van der Waals surface area contributed by atoms with Gasteiger partial charge in [0.05, 0.1) is 36.2 Å². The van der Waals surface area contributed by atoms with E-state index in [2.05, 4.69) is 5.32 Å². The van der Waals surface area contributed by atoms with Gasteiger partial charge >= 0.3 is 11.9 Å². The van der Waals surface area contributed by atoms with Crippen molar-refractivity contribution in [3.05, 3.63) is 93.8 Å². The van der Waals surface area contributed by atoms with Crippen LogP contribution < -0.4 is 5.32 Å². The Morgan fingerprint density at radius 1 is 1.06 bits per heavy atom. The standard InChI is InChI=1S/C26H25ClN2O4/c1-18-23(26(31)33-15-7-13-28)24(20-11-5-12-21(27)16-20)22(17-29-18)25(30)32-14-6-10-19-8-3-2-4-9-19/h2-5,8-9,11-12,16-17,24,29H,6-7,10,14-15H2,1H3. The Morgan fingerprint density at radius 2 is 1.82 bits per heavy atom. The maximum absolute atomic E-state index is 13.0. The Morgan fingerprint density at radius 3 is 2.55 bits per heavy atom. The van der Waals surface area contributed by atoms with Crippen molar-refractivity contribution in [2.24, 2.45) is 0 Å². The van der Waals surface area contributed by atoms with Crippen LogP contribution in [0.3, 0.4) is 0 Å². The van der Waals surface area contributed by atoms with Gasteiger partial charge in [-0.2, -0.15) is 5.26 Å². The van der Waals surface area contributed by atoms with Crippen molar-refractivity contribution in [2.45, 2.75) is 32.1 Å². The normalized spacial score (nSPS) is 15.2. The van der Waals surface area contributed by atoms with Crippen LogP contribution in [0.5, 0.6) is 0 Å². The molecule has 0 aromatic heterocycles. The fraction of sp³-hybridized carbons (Fsp3) is 0.269. The zero-order valence-electron chi connectivity index (χ0n) is 18.3. The largest absolute Gasteiger partial charge is 0.462 e. The van der Waals surface area contributed by atoms with Crippen molar-refractivity contribution in [3.63, 3.8) is 0 Å². The van der Waals surface area contributed by atoms with E-state index in [4.69, 9.17) is 26.3 Å². The zero-order valence-corrected chi connectivity index (χ0v) is 19.1. The van der Waals surface area contributed by atoms with E-state index in [1.54, 1.807) is 37.4 Å². The van der Waals surface area contributed by atoms with E-state index in [1.165, 1.54) is 5.56 Å². The van der Waals surface area contributed by atoms with Crippen LogP contribution in [0.25, 0.3) is 0 Å². The molecule has 33 heavy (non-hydrogen) atoms. The topological polar surface area (TPSA) is 88.4 Å². The van der Waals surface area contributed by atoms with Gasteiger partial charge in [-0.15, -0.1) is 0 Å². The molecule has 1 aliphatic rings. The first-order chi connectivity index (χ1) is 16.0. The number of nitriles is 1. The third-order valence-electron chi connectivity index (χ3n) is 5.22. The molecule has 1 N–H and O–H groups in total. The van der Waals surface area contributed by atoms with Crippen LogP contribution in [0.15, 0.2) is 77.6 Å². The lowest BCUT2D eigenvalue weighted by atomic mass is 9.82. The summed E-state index contributed by atoms with van der Waals surface area (Å²) in [7, 11) is 0. The molecule has 0 fully saturated rings. The molecule has 0 amide bonds. The summed E-state index contributed by atoms with van der Waals surface area (Å²) in [5.74, 6) is -1.82. The van der Waals surface area contributed by atoms with Gasteiger partial charge in [-0.25, -0.2) is 9.59 Å². The lowest BCUT2D eigenvalue weighted by molar-refractivity contribution is -0.140. The first-order valence-electron chi connectivity index (χ1n) is 10.7. The second-order valence-electron chi connectivity index (χ2n) is 7.54. The monoisotopic (exact) mass is 464 g/mol. The molecule has 6 nitrogen and oxygen atoms in total. The number of hydrogen-bond acceptors (Lipinski definition) is 6. The molecule has 0 saturated heterocycles. The highest BCUT2D eigenvalue weighted by Crippen LogP contribution is 2.38. The van der Waals surface area contributed by atoms with Crippen molar-refractivity contribution < 1.29 is 19.1 Å². The summed E-state index contributed by atoms with van der Waals surface area (Å²) >= 11 is 6.20.